The predicted molar refractivity (Wildman–Crippen MR) is 93.3 cm³/mol. The molecule has 128 valence electrons. The summed E-state index contributed by atoms with van der Waals surface area (Å²) >= 11 is 0. The van der Waals surface area contributed by atoms with Gasteiger partial charge in [0.2, 0.25) is 0 Å². The van der Waals surface area contributed by atoms with Crippen LogP contribution in [-0.4, -0.2) is 11.5 Å². The molecule has 0 amide bonds. The summed E-state index contributed by atoms with van der Waals surface area (Å²) in [6.45, 7) is 0.783. The molecule has 5 heteroatoms. The molecule has 0 fully saturated rings. The van der Waals surface area contributed by atoms with Crippen molar-refractivity contribution in [3.8, 4) is 11.1 Å². The first-order chi connectivity index (χ1) is 12.0. The molecule has 0 aliphatic heterocycles. The molecule has 0 radical (unpaired) electrons. The number of rotatable bonds is 5. The van der Waals surface area contributed by atoms with Crippen molar-refractivity contribution in [1.82, 2.24) is 4.98 Å². The fraction of sp³-hybridized carbons (Fsp3) is 0.150. The van der Waals surface area contributed by atoms with Gasteiger partial charge in [0.1, 0.15) is 0 Å². The first kappa shape index (κ1) is 17.0. The average Bonchev–Trinajstić information content (AvgIpc) is 2.63. The van der Waals surface area contributed by atoms with Crippen molar-refractivity contribution in [2.24, 2.45) is 0 Å². The number of pyridine rings is 1. The molecule has 0 bridgehead atoms. The lowest BCUT2D eigenvalue weighted by Crippen LogP contribution is -2.05. The highest BCUT2D eigenvalue weighted by Crippen LogP contribution is 2.31. The number of alkyl halides is 3. The Morgan fingerprint density at radius 3 is 2.04 bits per heavy atom. The third kappa shape index (κ3) is 4.59. The summed E-state index contributed by atoms with van der Waals surface area (Å²) in [7, 11) is 0. The molecule has 1 heterocycles. The molecule has 3 aromatic rings. The third-order valence-corrected chi connectivity index (χ3v) is 3.90. The number of aromatic nitrogens is 1. The van der Waals surface area contributed by atoms with Gasteiger partial charge in [0.15, 0.2) is 0 Å². The second-order valence-corrected chi connectivity index (χ2v) is 5.69. The van der Waals surface area contributed by atoms with Crippen LogP contribution in [0.1, 0.15) is 11.1 Å². The van der Waals surface area contributed by atoms with E-state index in [-0.39, 0.29) is 0 Å². The van der Waals surface area contributed by atoms with Gasteiger partial charge in [0.05, 0.1) is 5.56 Å². The Labute approximate surface area is 144 Å². The zero-order valence-corrected chi connectivity index (χ0v) is 13.4. The molecular formula is C20H17F3N2. The summed E-state index contributed by atoms with van der Waals surface area (Å²) in [4.78, 5) is 4.08. The van der Waals surface area contributed by atoms with Crippen LogP contribution in [-0.2, 0) is 12.6 Å². The number of benzene rings is 2. The number of hydrogen-bond acceptors (Lipinski definition) is 2. The van der Waals surface area contributed by atoms with Crippen LogP contribution in [0.5, 0.6) is 0 Å². The number of hydrogen-bond donors (Lipinski definition) is 1. The van der Waals surface area contributed by atoms with Gasteiger partial charge in [-0.2, -0.15) is 13.2 Å². The predicted octanol–water partition coefficient (Wildman–Crippen LogP) is 5.42. The topological polar surface area (TPSA) is 24.9 Å². The lowest BCUT2D eigenvalue weighted by molar-refractivity contribution is -0.137. The van der Waals surface area contributed by atoms with Crippen LogP contribution in [0.15, 0.2) is 73.1 Å². The molecule has 0 aliphatic rings. The van der Waals surface area contributed by atoms with Crippen molar-refractivity contribution in [3.63, 3.8) is 0 Å². The molecule has 0 unspecified atom stereocenters. The van der Waals surface area contributed by atoms with E-state index >= 15 is 0 Å². The van der Waals surface area contributed by atoms with Gasteiger partial charge in [0.25, 0.3) is 0 Å². The van der Waals surface area contributed by atoms with Gasteiger partial charge in [-0.25, -0.2) is 0 Å². The number of anilines is 1. The van der Waals surface area contributed by atoms with Crippen LogP contribution in [0.2, 0.25) is 0 Å². The van der Waals surface area contributed by atoms with Crippen molar-refractivity contribution in [1.29, 1.82) is 0 Å². The van der Waals surface area contributed by atoms with Gasteiger partial charge >= 0.3 is 6.18 Å². The van der Waals surface area contributed by atoms with E-state index in [2.05, 4.69) is 10.3 Å². The smallest absolute Gasteiger partial charge is 0.385 e. The Morgan fingerprint density at radius 2 is 1.48 bits per heavy atom. The molecule has 3 rings (SSSR count). The second-order valence-electron chi connectivity index (χ2n) is 5.69. The van der Waals surface area contributed by atoms with Gasteiger partial charge in [-0.3, -0.25) is 4.98 Å². The minimum absolute atomic E-state index is 0.634. The maximum absolute atomic E-state index is 12.6. The number of nitrogens with zero attached hydrogens (tertiary/aromatic N) is 1. The molecule has 25 heavy (non-hydrogen) atoms. The minimum atomic E-state index is -4.30. The van der Waals surface area contributed by atoms with E-state index in [0.717, 1.165) is 47.5 Å². The summed E-state index contributed by atoms with van der Waals surface area (Å²) < 4.78 is 37.8. The highest BCUT2D eigenvalue weighted by molar-refractivity contribution is 5.66. The van der Waals surface area contributed by atoms with E-state index in [1.807, 2.05) is 42.6 Å². The number of nitrogens with one attached hydrogen (secondary N) is 1. The van der Waals surface area contributed by atoms with E-state index in [1.54, 1.807) is 6.20 Å². The van der Waals surface area contributed by atoms with E-state index < -0.39 is 11.7 Å². The van der Waals surface area contributed by atoms with Crippen LogP contribution in [0.3, 0.4) is 0 Å². The van der Waals surface area contributed by atoms with Crippen LogP contribution >= 0.6 is 0 Å². The molecular weight excluding hydrogens is 325 g/mol. The third-order valence-electron chi connectivity index (χ3n) is 3.90. The quantitative estimate of drug-likeness (QED) is 0.669. The van der Waals surface area contributed by atoms with E-state index in [1.165, 1.54) is 12.1 Å². The van der Waals surface area contributed by atoms with Gasteiger partial charge in [-0.15, -0.1) is 0 Å². The van der Waals surface area contributed by atoms with Crippen LogP contribution in [0, 0.1) is 0 Å². The fourth-order valence-electron chi connectivity index (χ4n) is 2.53. The summed E-state index contributed by atoms with van der Waals surface area (Å²) in [5.74, 6) is 0. The normalized spacial score (nSPS) is 11.3. The Hall–Kier alpha value is -2.82. The average molecular weight is 342 g/mol. The van der Waals surface area contributed by atoms with Crippen molar-refractivity contribution in [2.45, 2.75) is 12.6 Å². The summed E-state index contributed by atoms with van der Waals surface area (Å²) in [5, 5.41) is 3.32. The molecule has 0 aliphatic carbocycles. The van der Waals surface area contributed by atoms with Gasteiger partial charge in [-0.1, -0.05) is 30.3 Å². The van der Waals surface area contributed by atoms with E-state index in [9.17, 15) is 13.2 Å². The first-order valence-electron chi connectivity index (χ1n) is 7.93. The van der Waals surface area contributed by atoms with Gasteiger partial charge in [-0.05, 0) is 53.4 Å². The molecule has 1 N–H and O–H groups in total. The molecule has 0 saturated heterocycles. The van der Waals surface area contributed by atoms with Crippen molar-refractivity contribution in [2.75, 3.05) is 11.9 Å². The Bertz CT molecular complexity index is 795. The van der Waals surface area contributed by atoms with Gasteiger partial charge < -0.3 is 5.32 Å². The largest absolute Gasteiger partial charge is 0.416 e. The first-order valence-corrected chi connectivity index (χ1v) is 7.93. The highest BCUT2D eigenvalue weighted by atomic mass is 19.4. The molecule has 1 aromatic heterocycles. The molecule has 0 saturated carbocycles. The number of halogens is 3. The van der Waals surface area contributed by atoms with Crippen molar-refractivity contribution in [3.05, 3.63) is 84.2 Å². The lowest BCUT2D eigenvalue weighted by atomic mass is 10.0. The SMILES string of the molecule is FC(F)(F)c1ccc(-c2ccc(NCCc3cccnc3)cc2)cc1. The highest BCUT2D eigenvalue weighted by Gasteiger charge is 2.29. The minimum Gasteiger partial charge on any atom is -0.385 e. The zero-order valence-electron chi connectivity index (χ0n) is 13.4. The van der Waals surface area contributed by atoms with E-state index in [0.29, 0.717) is 0 Å². The monoisotopic (exact) mass is 342 g/mol. The second kappa shape index (κ2) is 7.38. The zero-order chi connectivity index (χ0) is 17.7. The molecule has 0 atom stereocenters. The maximum atomic E-state index is 12.6. The molecule has 2 nitrogen and oxygen atoms in total. The molecule has 0 spiro atoms. The summed E-state index contributed by atoms with van der Waals surface area (Å²) in [6.07, 6.45) is 0.154. The fourth-order valence-corrected chi connectivity index (χ4v) is 2.53. The Balaban J connectivity index is 1.60. The molecule has 2 aromatic carbocycles. The van der Waals surface area contributed by atoms with Crippen molar-refractivity contribution >= 4 is 5.69 Å². The Morgan fingerprint density at radius 1 is 0.840 bits per heavy atom. The van der Waals surface area contributed by atoms with E-state index in [4.69, 9.17) is 0 Å². The van der Waals surface area contributed by atoms with Crippen LogP contribution in [0.4, 0.5) is 18.9 Å². The lowest BCUT2D eigenvalue weighted by Gasteiger charge is -2.09. The summed E-state index contributed by atoms with van der Waals surface area (Å²) in [6, 6.07) is 16.8. The van der Waals surface area contributed by atoms with Crippen LogP contribution in [0.25, 0.3) is 11.1 Å². The Kier molecular flexibility index (Phi) is 5.03. The maximum Gasteiger partial charge on any atom is 0.416 e. The standard InChI is InChI=1S/C20H17F3N2/c21-20(22,23)18-7-3-16(4-8-18)17-5-9-19(10-6-17)25-13-11-15-2-1-12-24-14-15/h1-10,12,14,25H,11,13H2. The van der Waals surface area contributed by atoms with Gasteiger partial charge in [0, 0.05) is 24.6 Å². The van der Waals surface area contributed by atoms with Crippen molar-refractivity contribution < 1.29 is 13.2 Å². The van der Waals surface area contributed by atoms with Crippen LogP contribution < -0.4 is 5.32 Å². The summed E-state index contributed by atoms with van der Waals surface area (Å²) in [5.41, 5.74) is 3.14.